The second-order valence-electron chi connectivity index (χ2n) is 10.1. The molecule has 15 nitrogen and oxygen atoms in total. The van der Waals surface area contributed by atoms with Gasteiger partial charge in [-0.2, -0.15) is 0 Å². The Hall–Kier alpha value is -3.51. The molecule has 0 unspecified atom stereocenters. The number of aliphatic hydroxyl groups is 6. The Morgan fingerprint density at radius 2 is 1.52 bits per heavy atom. The third-order valence-corrected chi connectivity index (χ3v) is 7.23. The van der Waals surface area contributed by atoms with Gasteiger partial charge in [0.2, 0.25) is 17.5 Å². The van der Waals surface area contributed by atoms with Crippen molar-refractivity contribution in [3.05, 3.63) is 46.6 Å². The number of benzene rings is 2. The van der Waals surface area contributed by atoms with E-state index in [0.29, 0.717) is 0 Å². The Morgan fingerprint density at radius 3 is 2.19 bits per heavy atom. The lowest BCUT2D eigenvalue weighted by Crippen LogP contribution is -2.64. The Bertz CT molecular complexity index is 1470. The number of rotatable bonds is 6. The number of hydrogen-bond acceptors (Lipinski definition) is 15. The summed E-state index contributed by atoms with van der Waals surface area (Å²) in [6.07, 6.45) is -15.6. The van der Waals surface area contributed by atoms with Gasteiger partial charge in [0.1, 0.15) is 64.8 Å². The molecule has 2 aliphatic rings. The van der Waals surface area contributed by atoms with Crippen LogP contribution >= 0.6 is 0 Å². The van der Waals surface area contributed by atoms with Crippen molar-refractivity contribution in [1.82, 2.24) is 0 Å². The average Bonchev–Trinajstić information content (AvgIpc) is 2.96. The Kier molecular flexibility index (Phi) is 8.30. The largest absolute Gasteiger partial charge is 0.508 e. The van der Waals surface area contributed by atoms with Gasteiger partial charge in [0.25, 0.3) is 0 Å². The van der Waals surface area contributed by atoms with E-state index < -0.39 is 84.9 Å². The number of ether oxygens (including phenoxy) is 4. The van der Waals surface area contributed by atoms with Crippen molar-refractivity contribution in [2.45, 2.75) is 68.3 Å². The molecule has 228 valence electrons. The first-order chi connectivity index (χ1) is 19.9. The van der Waals surface area contributed by atoms with Gasteiger partial charge >= 0.3 is 0 Å². The number of aliphatic hydroxyl groups excluding tert-OH is 6. The van der Waals surface area contributed by atoms with Gasteiger partial charge < -0.3 is 69.3 Å². The molecular weight excluding hydrogens is 564 g/mol. The van der Waals surface area contributed by atoms with Gasteiger partial charge in [0.15, 0.2) is 18.2 Å². The van der Waals surface area contributed by atoms with Crippen molar-refractivity contribution in [2.75, 3.05) is 6.61 Å². The SMILES string of the molecule is C[C@@H]1O[C@@H](O[C@@H]2[C@H](Oc3cc(O)c4c(=O)c(O)c(-c5ccc(O)cc5)oc4c3)O[C@H](CO)[C@@H](O)[C@@H]2O)[C@H](O)[C@@H](O)[C@H]1O. The van der Waals surface area contributed by atoms with E-state index in [4.69, 9.17) is 23.4 Å². The summed E-state index contributed by atoms with van der Waals surface area (Å²) in [7, 11) is 0. The number of phenolic OH excluding ortho intramolecular Hbond substituents is 2. The molecule has 9 N–H and O–H groups in total. The molecule has 0 bridgehead atoms. The summed E-state index contributed by atoms with van der Waals surface area (Å²) >= 11 is 0. The third kappa shape index (κ3) is 5.37. The monoisotopic (exact) mass is 594 g/mol. The van der Waals surface area contributed by atoms with Gasteiger partial charge in [-0.1, -0.05) is 0 Å². The minimum atomic E-state index is -1.79. The van der Waals surface area contributed by atoms with Gasteiger partial charge in [-0.3, -0.25) is 4.79 Å². The highest BCUT2D eigenvalue weighted by Crippen LogP contribution is 2.37. The zero-order chi connectivity index (χ0) is 30.5. The maximum absolute atomic E-state index is 12.9. The van der Waals surface area contributed by atoms with Crippen molar-refractivity contribution in [1.29, 1.82) is 0 Å². The molecule has 10 atom stereocenters. The van der Waals surface area contributed by atoms with Crippen LogP contribution in [0, 0.1) is 0 Å². The molecule has 2 saturated heterocycles. The van der Waals surface area contributed by atoms with Crippen LogP contribution in [0.2, 0.25) is 0 Å². The fourth-order valence-corrected chi connectivity index (χ4v) is 4.85. The van der Waals surface area contributed by atoms with E-state index in [-0.39, 0.29) is 33.8 Å². The van der Waals surface area contributed by atoms with Crippen LogP contribution in [-0.2, 0) is 14.2 Å². The van der Waals surface area contributed by atoms with E-state index in [0.717, 1.165) is 6.07 Å². The van der Waals surface area contributed by atoms with Gasteiger partial charge in [-0.15, -0.1) is 0 Å². The molecule has 0 saturated carbocycles. The summed E-state index contributed by atoms with van der Waals surface area (Å²) in [5, 5.41) is 91.7. The summed E-state index contributed by atoms with van der Waals surface area (Å²) in [5.41, 5.74) is -0.967. The quantitative estimate of drug-likeness (QED) is 0.159. The van der Waals surface area contributed by atoms with E-state index in [1.165, 1.54) is 37.3 Å². The van der Waals surface area contributed by atoms with Gasteiger partial charge in [-0.05, 0) is 31.2 Å². The standard InChI is InChI=1S/C27H30O15/c1-9-17(31)20(34)23(37)26(38-9)42-25-21(35)18(32)15(8-28)41-27(25)39-12-6-13(30)16-14(7-12)40-24(22(36)19(16)33)10-2-4-11(29)5-3-10/h2-7,9,15,17-18,20-21,23,25-32,34-37H,8H2,1H3/t9-,15+,17-,18+,20-,21-,23+,25-,26-,27+/m0/s1. The fraction of sp³-hybridized carbons (Fsp3) is 0.444. The number of aromatic hydroxyl groups is 3. The van der Waals surface area contributed by atoms with Crippen molar-refractivity contribution >= 4 is 11.0 Å². The summed E-state index contributed by atoms with van der Waals surface area (Å²) in [5.74, 6) is -2.00. The normalized spacial score (nSPS) is 33.5. The molecule has 1 aromatic heterocycles. The van der Waals surface area contributed by atoms with Gasteiger partial charge in [0.05, 0.1) is 12.7 Å². The van der Waals surface area contributed by atoms with E-state index in [2.05, 4.69) is 0 Å². The van der Waals surface area contributed by atoms with E-state index >= 15 is 0 Å². The topological polar surface area (TPSA) is 249 Å². The molecule has 3 heterocycles. The lowest BCUT2D eigenvalue weighted by Gasteiger charge is -2.45. The van der Waals surface area contributed by atoms with Crippen molar-refractivity contribution < 1.29 is 69.3 Å². The maximum Gasteiger partial charge on any atom is 0.238 e. The molecule has 0 amide bonds. The van der Waals surface area contributed by atoms with Crippen molar-refractivity contribution in [2.24, 2.45) is 0 Å². The second kappa shape index (κ2) is 11.6. The molecule has 2 aliphatic heterocycles. The summed E-state index contributed by atoms with van der Waals surface area (Å²) in [6, 6.07) is 7.54. The number of phenols is 2. The average molecular weight is 595 g/mol. The molecule has 2 aromatic carbocycles. The predicted octanol–water partition coefficient (Wildman–Crippen LogP) is -1.39. The minimum absolute atomic E-state index is 0.0706. The van der Waals surface area contributed by atoms with Gasteiger partial charge in [0, 0.05) is 17.7 Å². The minimum Gasteiger partial charge on any atom is -0.508 e. The molecule has 42 heavy (non-hydrogen) atoms. The van der Waals surface area contributed by atoms with Crippen LogP contribution in [0.5, 0.6) is 23.0 Å². The van der Waals surface area contributed by atoms with Crippen molar-refractivity contribution in [3.8, 4) is 34.3 Å². The first-order valence-electron chi connectivity index (χ1n) is 12.9. The van der Waals surface area contributed by atoms with Crippen LogP contribution in [0.15, 0.2) is 45.6 Å². The van der Waals surface area contributed by atoms with Crippen molar-refractivity contribution in [3.63, 3.8) is 0 Å². The van der Waals surface area contributed by atoms with Crippen LogP contribution in [0.25, 0.3) is 22.3 Å². The van der Waals surface area contributed by atoms with E-state index in [9.17, 15) is 50.8 Å². The number of fused-ring (bicyclic) bond motifs is 1. The van der Waals surface area contributed by atoms with Crippen LogP contribution in [0.3, 0.4) is 0 Å². The summed E-state index contributed by atoms with van der Waals surface area (Å²) in [4.78, 5) is 12.9. The number of hydrogen-bond donors (Lipinski definition) is 9. The Balaban J connectivity index is 1.50. The molecule has 0 aliphatic carbocycles. The van der Waals surface area contributed by atoms with E-state index in [1.807, 2.05) is 0 Å². The highest BCUT2D eigenvalue weighted by atomic mass is 16.8. The predicted molar refractivity (Wildman–Crippen MR) is 139 cm³/mol. The molecular formula is C27H30O15. The maximum atomic E-state index is 12.9. The third-order valence-electron chi connectivity index (χ3n) is 7.23. The smallest absolute Gasteiger partial charge is 0.238 e. The Labute approximate surface area is 236 Å². The Morgan fingerprint density at radius 1 is 0.833 bits per heavy atom. The summed E-state index contributed by atoms with van der Waals surface area (Å²) in [6.45, 7) is 0.660. The van der Waals surface area contributed by atoms with E-state index in [1.54, 1.807) is 0 Å². The lowest BCUT2D eigenvalue weighted by atomic mass is 9.97. The zero-order valence-corrected chi connectivity index (χ0v) is 21.9. The van der Waals surface area contributed by atoms with Crippen LogP contribution < -0.4 is 10.2 Å². The molecule has 15 heteroatoms. The first kappa shape index (κ1) is 30.0. The van der Waals surface area contributed by atoms with Crippen LogP contribution in [-0.4, -0.2) is 114 Å². The molecule has 0 spiro atoms. The fourth-order valence-electron chi connectivity index (χ4n) is 4.85. The van der Waals surface area contributed by atoms with Gasteiger partial charge in [-0.25, -0.2) is 0 Å². The highest BCUT2D eigenvalue weighted by Gasteiger charge is 2.51. The highest BCUT2D eigenvalue weighted by molar-refractivity contribution is 5.88. The second-order valence-corrected chi connectivity index (χ2v) is 10.1. The molecule has 3 aromatic rings. The lowest BCUT2D eigenvalue weighted by molar-refractivity contribution is -0.354. The van der Waals surface area contributed by atoms with Crippen LogP contribution in [0.1, 0.15) is 6.92 Å². The molecule has 2 fully saturated rings. The zero-order valence-electron chi connectivity index (χ0n) is 21.9. The first-order valence-corrected chi connectivity index (χ1v) is 12.9. The summed E-state index contributed by atoms with van der Waals surface area (Å²) < 4.78 is 28.2. The van der Waals surface area contributed by atoms with Crippen LogP contribution in [0.4, 0.5) is 0 Å². The molecule has 0 radical (unpaired) electrons. The molecule has 5 rings (SSSR count).